The third-order valence-electron chi connectivity index (χ3n) is 3.17. The zero-order valence-corrected chi connectivity index (χ0v) is 11.3. The minimum Gasteiger partial charge on any atom is -0.434 e. The molecule has 7 heteroatoms. The molecule has 0 spiro atoms. The van der Waals surface area contributed by atoms with Gasteiger partial charge >= 0.3 is 6.61 Å². The number of aromatic nitrogens is 3. The summed E-state index contributed by atoms with van der Waals surface area (Å²) < 4.78 is 30.1. The number of nitrogens with zero attached hydrogens (tertiary/aromatic N) is 2. The van der Waals surface area contributed by atoms with Crippen LogP contribution in [0.15, 0.2) is 47.8 Å². The molecule has 3 rings (SSSR count). The Kier molecular flexibility index (Phi) is 3.78. The van der Waals surface area contributed by atoms with E-state index < -0.39 is 12.2 Å². The van der Waals surface area contributed by atoms with Gasteiger partial charge in [-0.05, 0) is 17.7 Å². The fourth-order valence-electron chi connectivity index (χ4n) is 2.26. The first-order valence-corrected chi connectivity index (χ1v) is 6.47. The lowest BCUT2D eigenvalue weighted by molar-refractivity contribution is -0.0494. The highest BCUT2D eigenvalue weighted by molar-refractivity contribution is 5.86. The highest BCUT2D eigenvalue weighted by atomic mass is 19.3. The number of hydrogen-bond donors (Lipinski definition) is 1. The molecule has 0 unspecified atom stereocenters. The topological polar surface area (TPSA) is 67.9 Å². The van der Waals surface area contributed by atoms with E-state index in [2.05, 4.69) is 19.7 Å². The van der Waals surface area contributed by atoms with Crippen LogP contribution < -0.4 is 10.3 Å². The third-order valence-corrected chi connectivity index (χ3v) is 3.17. The van der Waals surface area contributed by atoms with Gasteiger partial charge in [-0.3, -0.25) is 4.79 Å². The Morgan fingerprint density at radius 2 is 1.91 bits per heavy atom. The summed E-state index contributed by atoms with van der Waals surface area (Å²) in [5.74, 6) is -0.113. The second-order valence-electron chi connectivity index (χ2n) is 4.61. The first-order valence-electron chi connectivity index (χ1n) is 6.47. The molecule has 0 aliphatic rings. The Labute approximate surface area is 123 Å². The molecule has 1 aromatic carbocycles. The molecular weight excluding hydrogens is 292 g/mol. The second-order valence-corrected chi connectivity index (χ2v) is 4.61. The quantitative estimate of drug-likeness (QED) is 0.804. The van der Waals surface area contributed by atoms with Gasteiger partial charge in [0.2, 0.25) is 0 Å². The van der Waals surface area contributed by atoms with Gasteiger partial charge in [-0.1, -0.05) is 12.1 Å². The Morgan fingerprint density at radius 1 is 1.18 bits per heavy atom. The van der Waals surface area contributed by atoms with Gasteiger partial charge in [0.25, 0.3) is 5.56 Å². The first kappa shape index (κ1) is 14.1. The van der Waals surface area contributed by atoms with Gasteiger partial charge in [-0.25, -0.2) is 9.97 Å². The summed E-state index contributed by atoms with van der Waals surface area (Å²) in [4.78, 5) is 22.6. The van der Waals surface area contributed by atoms with Crippen LogP contribution in [0.25, 0.3) is 10.9 Å². The number of hydrogen-bond acceptors (Lipinski definition) is 4. The van der Waals surface area contributed by atoms with E-state index in [9.17, 15) is 13.6 Å². The zero-order valence-electron chi connectivity index (χ0n) is 11.3. The Balaban J connectivity index is 2.19. The van der Waals surface area contributed by atoms with E-state index in [1.165, 1.54) is 18.7 Å². The van der Waals surface area contributed by atoms with E-state index >= 15 is 0 Å². The molecule has 22 heavy (non-hydrogen) atoms. The van der Waals surface area contributed by atoms with Crippen LogP contribution in [0.2, 0.25) is 0 Å². The number of nitrogens with one attached hydrogen (secondary N) is 1. The summed E-state index contributed by atoms with van der Waals surface area (Å²) >= 11 is 0. The molecule has 1 N–H and O–H groups in total. The fourth-order valence-corrected chi connectivity index (χ4v) is 2.26. The standard InChI is InChI=1S/C15H11F2N3O2/c16-15(17)22-13-10-3-1-2-4-12(10)20-14(21)11(13)5-9-6-18-8-19-7-9/h1-4,6-8,15H,5H2,(H,20,21). The molecular formula is C15H11F2N3O2. The van der Waals surface area contributed by atoms with Gasteiger partial charge in [0.1, 0.15) is 12.1 Å². The largest absolute Gasteiger partial charge is 0.434 e. The van der Waals surface area contributed by atoms with Crippen molar-refractivity contribution < 1.29 is 13.5 Å². The van der Waals surface area contributed by atoms with Gasteiger partial charge in [0.05, 0.1) is 11.1 Å². The molecule has 0 atom stereocenters. The van der Waals surface area contributed by atoms with Crippen molar-refractivity contribution in [3.05, 3.63) is 64.5 Å². The van der Waals surface area contributed by atoms with Crippen molar-refractivity contribution in [2.24, 2.45) is 0 Å². The zero-order chi connectivity index (χ0) is 15.5. The normalized spacial score (nSPS) is 11.0. The summed E-state index contributed by atoms with van der Waals surface area (Å²) in [6.07, 6.45) is 4.50. The molecule has 2 aromatic heterocycles. The van der Waals surface area contributed by atoms with Crippen LogP contribution in [0.5, 0.6) is 5.75 Å². The molecule has 0 aliphatic carbocycles. The summed E-state index contributed by atoms with van der Waals surface area (Å²) in [6, 6.07) is 6.64. The predicted molar refractivity (Wildman–Crippen MR) is 76.0 cm³/mol. The fraction of sp³-hybridized carbons (Fsp3) is 0.133. The predicted octanol–water partition coefficient (Wildman–Crippen LogP) is 2.51. The molecule has 5 nitrogen and oxygen atoms in total. The van der Waals surface area contributed by atoms with Crippen molar-refractivity contribution in [1.82, 2.24) is 15.0 Å². The number of halogens is 2. The third kappa shape index (κ3) is 2.78. The minimum atomic E-state index is -3.02. The first-order chi connectivity index (χ1) is 10.6. The van der Waals surface area contributed by atoms with Gasteiger partial charge < -0.3 is 9.72 Å². The van der Waals surface area contributed by atoms with Gasteiger partial charge in [-0.2, -0.15) is 8.78 Å². The summed E-state index contributed by atoms with van der Waals surface area (Å²) in [6.45, 7) is -3.02. The monoisotopic (exact) mass is 303 g/mol. The Morgan fingerprint density at radius 3 is 2.64 bits per heavy atom. The lowest BCUT2D eigenvalue weighted by Crippen LogP contribution is -2.17. The number of pyridine rings is 1. The van der Waals surface area contributed by atoms with Crippen molar-refractivity contribution in [3.63, 3.8) is 0 Å². The number of ether oxygens (including phenoxy) is 1. The maximum Gasteiger partial charge on any atom is 0.387 e. The molecule has 0 fully saturated rings. The van der Waals surface area contributed by atoms with E-state index in [-0.39, 0.29) is 17.7 Å². The molecule has 0 amide bonds. The SMILES string of the molecule is O=c1[nH]c2ccccc2c(OC(F)F)c1Cc1cncnc1. The summed E-state index contributed by atoms with van der Waals surface area (Å²) in [5.41, 5.74) is 0.714. The summed E-state index contributed by atoms with van der Waals surface area (Å²) in [5, 5.41) is 0.425. The molecule has 112 valence electrons. The molecule has 2 heterocycles. The number of alkyl halides is 2. The van der Waals surface area contributed by atoms with E-state index in [0.717, 1.165) is 0 Å². The van der Waals surface area contributed by atoms with Crippen molar-refractivity contribution in [2.75, 3.05) is 0 Å². The summed E-state index contributed by atoms with van der Waals surface area (Å²) in [7, 11) is 0. The molecule has 0 radical (unpaired) electrons. The van der Waals surface area contributed by atoms with Crippen molar-refractivity contribution in [1.29, 1.82) is 0 Å². The second kappa shape index (κ2) is 5.88. The molecule has 3 aromatic rings. The number of aromatic amines is 1. The van der Waals surface area contributed by atoms with Crippen molar-refractivity contribution >= 4 is 10.9 Å². The van der Waals surface area contributed by atoms with E-state index in [0.29, 0.717) is 16.5 Å². The van der Waals surface area contributed by atoms with Crippen LogP contribution in [-0.4, -0.2) is 21.6 Å². The molecule has 0 saturated heterocycles. The highest BCUT2D eigenvalue weighted by Gasteiger charge is 2.18. The maximum absolute atomic E-state index is 12.7. The van der Waals surface area contributed by atoms with Crippen LogP contribution in [0, 0.1) is 0 Å². The van der Waals surface area contributed by atoms with E-state index in [4.69, 9.17) is 0 Å². The van der Waals surface area contributed by atoms with Crippen LogP contribution in [0.4, 0.5) is 8.78 Å². The maximum atomic E-state index is 12.7. The minimum absolute atomic E-state index is 0.100. The number of rotatable bonds is 4. The lowest BCUT2D eigenvalue weighted by Gasteiger charge is -2.13. The van der Waals surface area contributed by atoms with Crippen LogP contribution in [-0.2, 0) is 6.42 Å². The number of H-pyrrole nitrogens is 1. The van der Waals surface area contributed by atoms with Crippen molar-refractivity contribution in [2.45, 2.75) is 13.0 Å². The molecule has 0 aliphatic heterocycles. The van der Waals surface area contributed by atoms with Crippen LogP contribution in [0.3, 0.4) is 0 Å². The van der Waals surface area contributed by atoms with E-state index in [1.54, 1.807) is 24.3 Å². The van der Waals surface area contributed by atoms with Crippen LogP contribution in [0.1, 0.15) is 11.1 Å². The lowest BCUT2D eigenvalue weighted by atomic mass is 10.1. The average molecular weight is 303 g/mol. The smallest absolute Gasteiger partial charge is 0.387 e. The highest BCUT2D eigenvalue weighted by Crippen LogP contribution is 2.28. The Hall–Kier alpha value is -2.83. The molecule has 0 saturated carbocycles. The average Bonchev–Trinajstić information content (AvgIpc) is 2.51. The van der Waals surface area contributed by atoms with Crippen LogP contribution >= 0.6 is 0 Å². The Bertz CT molecular complexity index is 850. The number of fused-ring (bicyclic) bond motifs is 1. The number of para-hydroxylation sites is 1. The van der Waals surface area contributed by atoms with Gasteiger partial charge in [0, 0.05) is 24.2 Å². The molecule has 0 bridgehead atoms. The van der Waals surface area contributed by atoms with E-state index in [1.807, 2.05) is 0 Å². The van der Waals surface area contributed by atoms with Crippen molar-refractivity contribution in [3.8, 4) is 5.75 Å². The van der Waals surface area contributed by atoms with Gasteiger partial charge in [-0.15, -0.1) is 0 Å². The van der Waals surface area contributed by atoms with Gasteiger partial charge in [0.15, 0.2) is 0 Å². The number of benzene rings is 1.